The van der Waals surface area contributed by atoms with Gasteiger partial charge in [-0.15, -0.1) is 21.5 Å². The highest BCUT2D eigenvalue weighted by molar-refractivity contribution is 7.13. The van der Waals surface area contributed by atoms with Gasteiger partial charge in [-0.2, -0.15) is 4.80 Å². The number of aromatic nitrogens is 4. The highest BCUT2D eigenvalue weighted by Gasteiger charge is 2.61. The summed E-state index contributed by atoms with van der Waals surface area (Å²) in [6.07, 6.45) is 6.93. The lowest BCUT2D eigenvalue weighted by atomic mass is 10.0. The number of tetrazole rings is 1. The number of hydrogen-bond donors (Lipinski definition) is 3. The lowest BCUT2D eigenvalue weighted by Gasteiger charge is -2.30. The zero-order chi connectivity index (χ0) is 34.1. The monoisotopic (exact) mass is 675 g/mol. The molecule has 1 aliphatic carbocycles. The molecule has 2 aliphatic heterocycles. The summed E-state index contributed by atoms with van der Waals surface area (Å²) in [6.45, 7) is 5.29. The van der Waals surface area contributed by atoms with Gasteiger partial charge in [0.2, 0.25) is 17.6 Å². The van der Waals surface area contributed by atoms with E-state index >= 15 is 0 Å². The summed E-state index contributed by atoms with van der Waals surface area (Å²) in [5, 5.41) is 30.9. The molecule has 3 N–H and O–H groups in total. The second kappa shape index (κ2) is 13.5. The molecule has 4 heterocycles. The average molecular weight is 676 g/mol. The van der Waals surface area contributed by atoms with Gasteiger partial charge in [0.05, 0.1) is 6.04 Å². The number of fused-ring (bicyclic) bond motifs is 2. The van der Waals surface area contributed by atoms with Crippen LogP contribution in [0.5, 0.6) is 0 Å². The van der Waals surface area contributed by atoms with Crippen LogP contribution in [0, 0.1) is 5.92 Å². The van der Waals surface area contributed by atoms with Crippen LogP contribution in [0.4, 0.5) is 4.79 Å². The van der Waals surface area contributed by atoms with Gasteiger partial charge in [-0.05, 0) is 74.7 Å². The van der Waals surface area contributed by atoms with Crippen molar-refractivity contribution in [3.05, 3.63) is 53.9 Å². The predicted molar refractivity (Wildman–Crippen MR) is 178 cm³/mol. The number of ether oxygens (including phenoxy) is 1. The summed E-state index contributed by atoms with van der Waals surface area (Å²) < 4.78 is 5.47. The predicted octanol–water partition coefficient (Wildman–Crippen LogP) is 4.58. The molecule has 0 bridgehead atoms. The number of amides is 3. The number of thiophene rings is 1. The Labute approximate surface area is 282 Å². The fourth-order valence-electron chi connectivity index (χ4n) is 6.44. The average Bonchev–Trinajstić information content (AvgIpc) is 3.53. The van der Waals surface area contributed by atoms with E-state index in [1.165, 1.54) is 9.70 Å². The van der Waals surface area contributed by atoms with Crippen molar-refractivity contribution in [3.63, 3.8) is 0 Å². The molecule has 1 saturated heterocycles. The minimum Gasteiger partial charge on any atom is -0.479 e. The number of carboxylic acids is 1. The van der Waals surface area contributed by atoms with Gasteiger partial charge >= 0.3 is 12.1 Å². The van der Waals surface area contributed by atoms with Gasteiger partial charge in [-0.3, -0.25) is 9.59 Å². The van der Waals surface area contributed by atoms with E-state index < -0.39 is 53.1 Å². The van der Waals surface area contributed by atoms with Crippen molar-refractivity contribution in [2.45, 2.75) is 95.0 Å². The van der Waals surface area contributed by atoms with Crippen molar-refractivity contribution in [2.75, 3.05) is 6.54 Å². The molecule has 5 atom stereocenters. The maximum absolute atomic E-state index is 14.3. The zero-order valence-corrected chi connectivity index (χ0v) is 28.1. The number of aliphatic carboxylic acids is 1. The second-order valence-electron chi connectivity index (χ2n) is 13.7. The summed E-state index contributed by atoms with van der Waals surface area (Å²) in [7, 11) is 0. The maximum atomic E-state index is 14.3. The van der Waals surface area contributed by atoms with Gasteiger partial charge < -0.3 is 25.4 Å². The Morgan fingerprint density at radius 3 is 2.69 bits per heavy atom. The molecule has 254 valence electrons. The molecule has 14 heteroatoms. The van der Waals surface area contributed by atoms with Gasteiger partial charge in [-0.1, -0.05) is 49.3 Å². The molecule has 2 fully saturated rings. The first-order valence-electron chi connectivity index (χ1n) is 16.4. The molecule has 0 unspecified atom stereocenters. The van der Waals surface area contributed by atoms with Crippen molar-refractivity contribution >= 4 is 35.2 Å². The normalized spacial score (nSPS) is 27.1. The van der Waals surface area contributed by atoms with Crippen LogP contribution < -0.4 is 10.6 Å². The third kappa shape index (κ3) is 7.28. The van der Waals surface area contributed by atoms with Crippen molar-refractivity contribution in [3.8, 4) is 21.8 Å². The molecule has 1 aromatic carbocycles. The number of rotatable bonds is 5. The molecular weight excluding hydrogens is 634 g/mol. The summed E-state index contributed by atoms with van der Waals surface area (Å²) in [5.74, 6) is -2.07. The number of nitrogens with one attached hydrogen (secondary N) is 2. The highest BCUT2D eigenvalue weighted by Crippen LogP contribution is 2.45. The van der Waals surface area contributed by atoms with Crippen molar-refractivity contribution in [2.24, 2.45) is 5.92 Å². The topological polar surface area (TPSA) is 169 Å². The molecule has 0 radical (unpaired) electrons. The van der Waals surface area contributed by atoms with E-state index in [-0.39, 0.29) is 25.3 Å². The Kier molecular flexibility index (Phi) is 9.37. The Morgan fingerprint density at radius 2 is 1.94 bits per heavy atom. The van der Waals surface area contributed by atoms with Crippen LogP contribution in [-0.4, -0.2) is 83.9 Å². The van der Waals surface area contributed by atoms with E-state index in [1.807, 2.05) is 53.9 Å². The van der Waals surface area contributed by atoms with Crippen LogP contribution in [0.2, 0.25) is 0 Å². The zero-order valence-electron chi connectivity index (χ0n) is 27.3. The van der Waals surface area contributed by atoms with E-state index in [1.54, 1.807) is 32.1 Å². The number of hydrogen-bond acceptors (Lipinski definition) is 9. The van der Waals surface area contributed by atoms with Crippen LogP contribution in [0.15, 0.2) is 53.9 Å². The summed E-state index contributed by atoms with van der Waals surface area (Å²) >= 11 is 1.63. The Morgan fingerprint density at radius 1 is 1.12 bits per heavy atom. The molecule has 3 aromatic rings. The van der Waals surface area contributed by atoms with Crippen LogP contribution >= 0.6 is 11.3 Å². The minimum atomic E-state index is -1.43. The molecule has 3 aliphatic rings. The molecule has 3 amide bonds. The van der Waals surface area contributed by atoms with Gasteiger partial charge in [0, 0.05) is 29.3 Å². The standard InChI is InChI=1S/C34H41N7O6S/c1-33(2,3)47-32(46)35-25-14-8-6-4-5-7-13-23-19-34(23,31(44)45)36-29(42)26-18-24(20-40(26)30(25)43)41-38-28(37-39-41)22-12-9-11-21(17-22)27-15-10-16-48-27/h7,9-13,15-17,23-26H,4-6,8,14,18-20H2,1-3H3,(H,35,46)(H,36,42)(H,44,45)/b13-7-/t23-,24-,25+,26-,34-/m0/s1. The fourth-order valence-corrected chi connectivity index (χ4v) is 7.17. The maximum Gasteiger partial charge on any atom is 0.408 e. The number of allylic oxidation sites excluding steroid dienone is 1. The number of carbonyl (C=O) groups is 4. The van der Waals surface area contributed by atoms with E-state index in [4.69, 9.17) is 4.74 Å². The van der Waals surface area contributed by atoms with E-state index in [2.05, 4.69) is 26.0 Å². The number of carboxylic acid groups (broad SMARTS) is 1. The van der Waals surface area contributed by atoms with Gasteiger partial charge in [-0.25, -0.2) is 9.59 Å². The first kappa shape index (κ1) is 33.3. The van der Waals surface area contributed by atoms with Crippen LogP contribution in [0.3, 0.4) is 0 Å². The number of alkyl carbamates (subject to hydrolysis) is 1. The minimum absolute atomic E-state index is 0.0673. The third-order valence-corrected chi connectivity index (χ3v) is 9.93. The number of benzene rings is 1. The van der Waals surface area contributed by atoms with E-state index in [0.29, 0.717) is 18.7 Å². The smallest absolute Gasteiger partial charge is 0.408 e. The van der Waals surface area contributed by atoms with Gasteiger partial charge in [0.15, 0.2) is 0 Å². The molecule has 2 aromatic heterocycles. The van der Waals surface area contributed by atoms with Gasteiger partial charge in [0.25, 0.3) is 0 Å². The Bertz CT molecular complexity index is 1700. The fraction of sp³-hybridized carbons (Fsp3) is 0.500. The molecule has 0 spiro atoms. The first-order chi connectivity index (χ1) is 22.9. The first-order valence-corrected chi connectivity index (χ1v) is 17.3. The van der Waals surface area contributed by atoms with Crippen LogP contribution in [0.1, 0.15) is 71.8 Å². The van der Waals surface area contributed by atoms with Crippen molar-refractivity contribution in [1.29, 1.82) is 0 Å². The lowest BCUT2D eigenvalue weighted by molar-refractivity contribution is -0.145. The summed E-state index contributed by atoms with van der Waals surface area (Å²) in [4.78, 5) is 57.4. The number of carbonyl (C=O) groups excluding carboxylic acids is 3. The third-order valence-electron chi connectivity index (χ3n) is 9.01. The van der Waals surface area contributed by atoms with Crippen LogP contribution in [-0.2, 0) is 19.1 Å². The lowest BCUT2D eigenvalue weighted by Crippen LogP contribution is -2.56. The SMILES string of the molecule is CC(C)(C)OC(=O)N[C@@H]1CCCCC/C=C\[C@H]2C[C@]2(C(=O)O)NC(=O)[C@@H]2C[C@H](n3nnc(-c4cccc(-c5cccs5)c4)n3)CN2C1=O. The van der Waals surface area contributed by atoms with Crippen LogP contribution in [0.25, 0.3) is 21.8 Å². The van der Waals surface area contributed by atoms with E-state index in [9.17, 15) is 24.3 Å². The van der Waals surface area contributed by atoms with E-state index in [0.717, 1.165) is 35.3 Å². The summed E-state index contributed by atoms with van der Waals surface area (Å²) in [6, 6.07) is 9.35. The van der Waals surface area contributed by atoms with Gasteiger partial charge in [0.1, 0.15) is 23.2 Å². The molecule has 1 saturated carbocycles. The highest BCUT2D eigenvalue weighted by atomic mass is 32.1. The summed E-state index contributed by atoms with van der Waals surface area (Å²) in [5.41, 5.74) is -0.406. The Hall–Kier alpha value is -4.59. The molecule has 13 nitrogen and oxygen atoms in total. The quantitative estimate of drug-likeness (QED) is 0.328. The van der Waals surface area contributed by atoms with Crippen molar-refractivity contribution in [1.82, 2.24) is 35.7 Å². The molecular formula is C34H41N7O6S. The molecule has 48 heavy (non-hydrogen) atoms. The molecule has 6 rings (SSSR count). The largest absolute Gasteiger partial charge is 0.479 e. The van der Waals surface area contributed by atoms with Crippen molar-refractivity contribution < 1.29 is 29.0 Å². The second-order valence-corrected chi connectivity index (χ2v) is 14.7. The number of nitrogens with zero attached hydrogens (tertiary/aromatic N) is 5. The Balaban J connectivity index is 1.29.